The minimum Gasteiger partial charge on any atom is -0.495 e. The van der Waals surface area contributed by atoms with E-state index in [0.717, 1.165) is 54.6 Å². The maximum Gasteiger partial charge on any atom is 0.142 e. The second-order valence-electron chi connectivity index (χ2n) is 6.79. The molecule has 2 aromatic carbocycles. The number of piperazine rings is 1. The Labute approximate surface area is 170 Å². The number of pyridine rings is 1. The number of nitrogen functional groups attached to an aromatic ring is 1. The molecule has 3 aromatic rings. The maximum atomic E-state index is 6.10. The fraction of sp³-hybridized carbons (Fsp3) is 0.227. The Morgan fingerprint density at radius 3 is 2.32 bits per heavy atom. The minimum absolute atomic E-state index is 0.523. The molecule has 0 radical (unpaired) electrons. The van der Waals surface area contributed by atoms with Crippen LogP contribution in [0.25, 0.3) is 11.3 Å². The highest BCUT2D eigenvalue weighted by atomic mass is 35.5. The minimum atomic E-state index is 0.523. The number of rotatable bonds is 4. The molecule has 2 N–H and O–H groups in total. The van der Waals surface area contributed by atoms with Gasteiger partial charge in [0.25, 0.3) is 0 Å². The molecule has 0 unspecified atom stereocenters. The molecule has 28 heavy (non-hydrogen) atoms. The monoisotopic (exact) mass is 394 g/mol. The molecule has 1 aliphatic rings. The number of hydrogen-bond acceptors (Lipinski definition) is 5. The van der Waals surface area contributed by atoms with Crippen molar-refractivity contribution in [2.24, 2.45) is 0 Å². The normalized spacial score (nSPS) is 14.2. The highest BCUT2D eigenvalue weighted by molar-refractivity contribution is 6.30. The summed E-state index contributed by atoms with van der Waals surface area (Å²) >= 11 is 6.00. The number of nitrogens with zero attached hydrogens (tertiary/aromatic N) is 3. The van der Waals surface area contributed by atoms with Crippen LogP contribution in [0.3, 0.4) is 0 Å². The van der Waals surface area contributed by atoms with E-state index in [9.17, 15) is 0 Å². The summed E-state index contributed by atoms with van der Waals surface area (Å²) in [5.41, 5.74) is 10.2. The smallest absolute Gasteiger partial charge is 0.142 e. The first-order valence-corrected chi connectivity index (χ1v) is 9.68. The van der Waals surface area contributed by atoms with E-state index < -0.39 is 0 Å². The summed E-state index contributed by atoms with van der Waals surface area (Å²) < 4.78 is 5.51. The van der Waals surface area contributed by atoms with E-state index in [1.54, 1.807) is 7.11 Å². The first kappa shape index (κ1) is 18.4. The molecule has 0 saturated carbocycles. The summed E-state index contributed by atoms with van der Waals surface area (Å²) in [6, 6.07) is 19.9. The van der Waals surface area contributed by atoms with Crippen molar-refractivity contribution in [1.29, 1.82) is 0 Å². The zero-order valence-electron chi connectivity index (χ0n) is 15.8. The van der Waals surface area contributed by atoms with E-state index >= 15 is 0 Å². The van der Waals surface area contributed by atoms with Crippen molar-refractivity contribution in [3.8, 4) is 17.0 Å². The summed E-state index contributed by atoms with van der Waals surface area (Å²) in [7, 11) is 1.72. The van der Waals surface area contributed by atoms with E-state index in [0.29, 0.717) is 10.8 Å². The summed E-state index contributed by atoms with van der Waals surface area (Å²) in [5.74, 6) is 1.43. The van der Waals surface area contributed by atoms with Crippen LogP contribution in [0.2, 0.25) is 5.02 Å². The molecule has 0 aliphatic carbocycles. The van der Waals surface area contributed by atoms with Gasteiger partial charge >= 0.3 is 0 Å². The molecule has 1 aliphatic heterocycles. The lowest BCUT2D eigenvalue weighted by Gasteiger charge is -2.38. The van der Waals surface area contributed by atoms with Crippen LogP contribution < -0.4 is 20.3 Å². The fourth-order valence-electron chi connectivity index (χ4n) is 3.58. The largest absolute Gasteiger partial charge is 0.495 e. The predicted octanol–water partition coefficient (Wildman–Crippen LogP) is 4.32. The summed E-state index contributed by atoms with van der Waals surface area (Å²) in [6.07, 6.45) is 0. The van der Waals surface area contributed by atoms with Crippen molar-refractivity contribution in [1.82, 2.24) is 4.98 Å². The number of benzene rings is 2. The van der Waals surface area contributed by atoms with Gasteiger partial charge in [-0.05, 0) is 30.3 Å². The quantitative estimate of drug-likeness (QED) is 0.714. The van der Waals surface area contributed by atoms with Crippen molar-refractivity contribution in [2.75, 3.05) is 48.8 Å². The summed E-state index contributed by atoms with van der Waals surface area (Å²) in [5, 5.41) is 0.709. The lowest BCUT2D eigenvalue weighted by molar-refractivity contribution is 0.413. The molecule has 1 saturated heterocycles. The Bertz CT molecular complexity index is 953. The Hall–Kier alpha value is -2.92. The second-order valence-corrected chi connectivity index (χ2v) is 7.22. The first-order chi connectivity index (χ1) is 13.6. The Morgan fingerprint density at radius 1 is 0.929 bits per heavy atom. The van der Waals surface area contributed by atoms with Crippen LogP contribution in [0.15, 0.2) is 60.7 Å². The van der Waals surface area contributed by atoms with Gasteiger partial charge in [-0.3, -0.25) is 0 Å². The topological polar surface area (TPSA) is 54.6 Å². The van der Waals surface area contributed by atoms with E-state index in [4.69, 9.17) is 22.1 Å². The molecule has 5 nitrogen and oxygen atoms in total. The third kappa shape index (κ3) is 3.85. The van der Waals surface area contributed by atoms with Crippen molar-refractivity contribution in [2.45, 2.75) is 0 Å². The number of hydrogen-bond donors (Lipinski definition) is 1. The van der Waals surface area contributed by atoms with Crippen LogP contribution >= 0.6 is 11.6 Å². The van der Waals surface area contributed by atoms with Gasteiger partial charge in [0.1, 0.15) is 11.6 Å². The summed E-state index contributed by atoms with van der Waals surface area (Å²) in [6.45, 7) is 3.64. The second kappa shape index (κ2) is 7.98. The Balaban J connectivity index is 1.52. The number of ether oxygens (including phenoxy) is 1. The number of para-hydroxylation sites is 2. The van der Waals surface area contributed by atoms with Crippen molar-refractivity contribution in [3.63, 3.8) is 0 Å². The number of nitrogens with two attached hydrogens (primary N) is 1. The average Bonchev–Trinajstić information content (AvgIpc) is 2.74. The molecule has 2 heterocycles. The van der Waals surface area contributed by atoms with E-state index in [1.807, 2.05) is 48.5 Å². The Kier molecular flexibility index (Phi) is 5.26. The highest BCUT2D eigenvalue weighted by Gasteiger charge is 2.20. The fourth-order valence-corrected chi connectivity index (χ4v) is 3.71. The van der Waals surface area contributed by atoms with Gasteiger partial charge in [0.05, 0.1) is 18.5 Å². The molecular formula is C22H23ClN4O. The molecule has 0 spiro atoms. The molecule has 0 atom stereocenters. The average molecular weight is 395 g/mol. The molecule has 4 rings (SSSR count). The maximum absolute atomic E-state index is 6.10. The number of anilines is 3. The molecule has 0 amide bonds. The van der Waals surface area contributed by atoms with Crippen molar-refractivity contribution in [3.05, 3.63) is 65.7 Å². The van der Waals surface area contributed by atoms with Gasteiger partial charge in [-0.15, -0.1) is 0 Å². The zero-order valence-corrected chi connectivity index (χ0v) is 16.6. The molecule has 1 fully saturated rings. The van der Waals surface area contributed by atoms with E-state index in [1.165, 1.54) is 0 Å². The highest BCUT2D eigenvalue weighted by Crippen LogP contribution is 2.31. The van der Waals surface area contributed by atoms with Crippen LogP contribution in [0, 0.1) is 0 Å². The molecule has 144 valence electrons. The molecular weight excluding hydrogens is 372 g/mol. The van der Waals surface area contributed by atoms with E-state index in [2.05, 4.69) is 26.9 Å². The zero-order chi connectivity index (χ0) is 19.5. The van der Waals surface area contributed by atoms with Gasteiger partial charge in [0, 0.05) is 48.5 Å². The van der Waals surface area contributed by atoms with E-state index in [-0.39, 0.29) is 0 Å². The Morgan fingerprint density at radius 2 is 1.61 bits per heavy atom. The molecule has 6 heteroatoms. The number of aromatic nitrogens is 1. The van der Waals surface area contributed by atoms with Gasteiger partial charge in [-0.1, -0.05) is 35.9 Å². The predicted molar refractivity (Wildman–Crippen MR) is 117 cm³/mol. The van der Waals surface area contributed by atoms with Gasteiger partial charge < -0.3 is 20.3 Å². The third-order valence-electron chi connectivity index (χ3n) is 5.04. The van der Waals surface area contributed by atoms with Crippen LogP contribution in [-0.2, 0) is 0 Å². The third-order valence-corrected chi connectivity index (χ3v) is 5.29. The van der Waals surface area contributed by atoms with Crippen LogP contribution in [0.1, 0.15) is 0 Å². The van der Waals surface area contributed by atoms with Gasteiger partial charge in [0.2, 0.25) is 0 Å². The van der Waals surface area contributed by atoms with Crippen molar-refractivity contribution >= 4 is 28.8 Å². The summed E-state index contributed by atoms with van der Waals surface area (Å²) in [4.78, 5) is 9.21. The molecule has 0 bridgehead atoms. The van der Waals surface area contributed by atoms with Gasteiger partial charge in [-0.25, -0.2) is 4.98 Å². The van der Waals surface area contributed by atoms with Crippen LogP contribution in [-0.4, -0.2) is 38.3 Å². The lowest BCUT2D eigenvalue weighted by Crippen LogP contribution is -2.46. The molecule has 1 aromatic heterocycles. The lowest BCUT2D eigenvalue weighted by atomic mass is 10.1. The van der Waals surface area contributed by atoms with Crippen LogP contribution in [0.5, 0.6) is 5.75 Å². The van der Waals surface area contributed by atoms with Gasteiger partial charge in [0.15, 0.2) is 0 Å². The van der Waals surface area contributed by atoms with Crippen molar-refractivity contribution < 1.29 is 4.74 Å². The SMILES string of the molecule is COc1ccccc1N1CCN(c2cc(N)nc(-c3ccc(Cl)cc3)c2)CC1. The van der Waals surface area contributed by atoms with Crippen LogP contribution in [0.4, 0.5) is 17.2 Å². The first-order valence-electron chi connectivity index (χ1n) is 9.30. The number of halogens is 1. The number of methoxy groups -OCH3 is 1. The standard InChI is InChI=1S/C22H23ClN4O/c1-28-21-5-3-2-4-20(21)27-12-10-26(11-13-27)18-14-19(25-22(24)15-18)16-6-8-17(23)9-7-16/h2-9,14-15H,10-13H2,1H3,(H2,24,25). The van der Waals surface area contributed by atoms with Gasteiger partial charge in [-0.2, -0.15) is 0 Å².